The molecule has 4 nitrogen and oxygen atoms in total. The Labute approximate surface area is 98.1 Å². The lowest BCUT2D eigenvalue weighted by Crippen LogP contribution is -2.37. The summed E-state index contributed by atoms with van der Waals surface area (Å²) in [6.45, 7) is 4.49. The normalized spacial score (nSPS) is 20.7. The van der Waals surface area contributed by atoms with E-state index in [9.17, 15) is 4.79 Å². The summed E-state index contributed by atoms with van der Waals surface area (Å²) in [6.07, 6.45) is 3.82. The molecule has 16 heavy (non-hydrogen) atoms. The molecule has 1 heterocycles. The van der Waals surface area contributed by atoms with Gasteiger partial charge in [-0.2, -0.15) is 0 Å². The molecule has 2 N–H and O–H groups in total. The Morgan fingerprint density at radius 2 is 2.12 bits per heavy atom. The molecule has 0 aromatic heterocycles. The lowest BCUT2D eigenvalue weighted by atomic mass is 10.0. The van der Waals surface area contributed by atoms with Crippen molar-refractivity contribution >= 4 is 5.97 Å². The Kier molecular flexibility index (Phi) is 5.77. The zero-order valence-corrected chi connectivity index (χ0v) is 10.4. The van der Waals surface area contributed by atoms with E-state index >= 15 is 0 Å². The zero-order valence-electron chi connectivity index (χ0n) is 10.4. The fourth-order valence-corrected chi connectivity index (χ4v) is 2.04. The molecule has 0 aliphatic carbocycles. The van der Waals surface area contributed by atoms with Crippen LogP contribution in [-0.2, 0) is 9.53 Å². The summed E-state index contributed by atoms with van der Waals surface area (Å²) in [5.74, 6) is -0.205. The van der Waals surface area contributed by atoms with Crippen LogP contribution in [0.2, 0.25) is 0 Å². The zero-order chi connectivity index (χ0) is 12.0. The molecule has 1 aliphatic heterocycles. The van der Waals surface area contributed by atoms with Crippen molar-refractivity contribution in [1.29, 1.82) is 0 Å². The predicted molar refractivity (Wildman–Crippen MR) is 64.1 cm³/mol. The van der Waals surface area contributed by atoms with E-state index in [-0.39, 0.29) is 18.0 Å². The number of hydrogen-bond acceptors (Lipinski definition) is 4. The number of esters is 1. The molecule has 1 unspecified atom stereocenters. The van der Waals surface area contributed by atoms with Crippen LogP contribution in [0.15, 0.2) is 0 Å². The van der Waals surface area contributed by atoms with Gasteiger partial charge in [0.2, 0.25) is 0 Å². The second-order valence-electron chi connectivity index (χ2n) is 4.66. The van der Waals surface area contributed by atoms with Crippen LogP contribution in [-0.4, -0.2) is 43.7 Å². The summed E-state index contributed by atoms with van der Waals surface area (Å²) in [7, 11) is 2.10. The summed E-state index contributed by atoms with van der Waals surface area (Å²) in [5.41, 5.74) is 5.58. The van der Waals surface area contributed by atoms with Crippen molar-refractivity contribution in [3.05, 3.63) is 0 Å². The number of ether oxygens (including phenoxy) is 1. The molecule has 0 radical (unpaired) electrons. The van der Waals surface area contributed by atoms with Crippen molar-refractivity contribution in [1.82, 2.24) is 4.90 Å². The maximum Gasteiger partial charge on any atom is 0.310 e. The fourth-order valence-electron chi connectivity index (χ4n) is 2.04. The molecule has 1 saturated heterocycles. The number of carbonyl (C=O) groups excluding carboxylic acids is 1. The van der Waals surface area contributed by atoms with Crippen molar-refractivity contribution in [2.75, 3.05) is 26.7 Å². The average molecular weight is 228 g/mol. The molecular formula is C12H24N2O2. The SMILES string of the molecule is CCCC(CN)C(=O)OC1CCN(C)CC1. The van der Waals surface area contributed by atoms with Crippen molar-refractivity contribution < 1.29 is 9.53 Å². The molecule has 1 rings (SSSR count). The highest BCUT2D eigenvalue weighted by atomic mass is 16.5. The van der Waals surface area contributed by atoms with Crippen LogP contribution in [0.3, 0.4) is 0 Å². The van der Waals surface area contributed by atoms with Gasteiger partial charge in [-0.1, -0.05) is 13.3 Å². The maximum atomic E-state index is 11.8. The van der Waals surface area contributed by atoms with Gasteiger partial charge in [0.05, 0.1) is 5.92 Å². The van der Waals surface area contributed by atoms with Crippen LogP contribution < -0.4 is 5.73 Å². The summed E-state index contributed by atoms with van der Waals surface area (Å²) < 4.78 is 5.50. The van der Waals surface area contributed by atoms with Gasteiger partial charge in [-0.25, -0.2) is 0 Å². The molecule has 0 aromatic rings. The van der Waals surface area contributed by atoms with Crippen LogP contribution >= 0.6 is 0 Å². The van der Waals surface area contributed by atoms with E-state index in [1.807, 2.05) is 0 Å². The topological polar surface area (TPSA) is 55.6 Å². The first-order chi connectivity index (χ1) is 7.67. The first-order valence-corrected chi connectivity index (χ1v) is 6.26. The van der Waals surface area contributed by atoms with E-state index < -0.39 is 0 Å². The van der Waals surface area contributed by atoms with Crippen LogP contribution in [0.1, 0.15) is 32.6 Å². The van der Waals surface area contributed by atoms with E-state index in [4.69, 9.17) is 10.5 Å². The van der Waals surface area contributed by atoms with Crippen molar-refractivity contribution in [2.24, 2.45) is 11.7 Å². The molecule has 1 atom stereocenters. The van der Waals surface area contributed by atoms with Gasteiger partial charge >= 0.3 is 5.97 Å². The van der Waals surface area contributed by atoms with E-state index in [0.29, 0.717) is 6.54 Å². The lowest BCUT2D eigenvalue weighted by Gasteiger charge is -2.29. The number of likely N-dealkylation sites (tertiary alicyclic amines) is 1. The number of nitrogens with two attached hydrogens (primary N) is 1. The van der Waals surface area contributed by atoms with Crippen LogP contribution in [0.5, 0.6) is 0 Å². The van der Waals surface area contributed by atoms with E-state index in [1.54, 1.807) is 0 Å². The standard InChI is InChI=1S/C12H24N2O2/c1-3-4-10(9-13)12(15)16-11-5-7-14(2)8-6-11/h10-11H,3-9,13H2,1-2H3. The third-order valence-electron chi connectivity index (χ3n) is 3.20. The van der Waals surface area contributed by atoms with E-state index in [0.717, 1.165) is 38.8 Å². The molecular weight excluding hydrogens is 204 g/mol. The van der Waals surface area contributed by atoms with Crippen LogP contribution in [0.25, 0.3) is 0 Å². The van der Waals surface area contributed by atoms with Crippen molar-refractivity contribution in [3.63, 3.8) is 0 Å². The number of piperidine rings is 1. The minimum Gasteiger partial charge on any atom is -0.462 e. The molecule has 4 heteroatoms. The fraction of sp³-hybridized carbons (Fsp3) is 0.917. The number of hydrogen-bond donors (Lipinski definition) is 1. The second kappa shape index (κ2) is 6.86. The summed E-state index contributed by atoms with van der Waals surface area (Å²) in [5, 5.41) is 0. The summed E-state index contributed by atoms with van der Waals surface area (Å²) in [4.78, 5) is 14.1. The van der Waals surface area contributed by atoms with Gasteiger partial charge in [0.1, 0.15) is 6.10 Å². The molecule has 0 amide bonds. The Balaban J connectivity index is 2.32. The van der Waals surface area contributed by atoms with Crippen LogP contribution in [0.4, 0.5) is 0 Å². The minimum atomic E-state index is -0.107. The molecule has 0 bridgehead atoms. The predicted octanol–water partition coefficient (Wildman–Crippen LogP) is 0.999. The van der Waals surface area contributed by atoms with Gasteiger partial charge in [-0.3, -0.25) is 4.79 Å². The smallest absolute Gasteiger partial charge is 0.310 e. The number of rotatable bonds is 5. The Morgan fingerprint density at radius 1 is 1.50 bits per heavy atom. The van der Waals surface area contributed by atoms with Gasteiger partial charge in [0.25, 0.3) is 0 Å². The monoisotopic (exact) mass is 228 g/mol. The quantitative estimate of drug-likeness (QED) is 0.713. The maximum absolute atomic E-state index is 11.8. The van der Waals surface area contributed by atoms with E-state index in [2.05, 4.69) is 18.9 Å². The summed E-state index contributed by atoms with van der Waals surface area (Å²) >= 11 is 0. The lowest BCUT2D eigenvalue weighted by molar-refractivity contribution is -0.156. The minimum absolute atomic E-state index is 0.0982. The Bertz CT molecular complexity index is 213. The summed E-state index contributed by atoms with van der Waals surface area (Å²) in [6, 6.07) is 0. The highest BCUT2D eigenvalue weighted by molar-refractivity contribution is 5.72. The molecule has 94 valence electrons. The highest BCUT2D eigenvalue weighted by Crippen LogP contribution is 2.15. The van der Waals surface area contributed by atoms with Gasteiger partial charge < -0.3 is 15.4 Å². The van der Waals surface area contributed by atoms with Crippen molar-refractivity contribution in [3.8, 4) is 0 Å². The van der Waals surface area contributed by atoms with Gasteiger partial charge in [-0.05, 0) is 26.3 Å². The first kappa shape index (κ1) is 13.5. The molecule has 0 aromatic carbocycles. The first-order valence-electron chi connectivity index (χ1n) is 6.26. The van der Waals surface area contributed by atoms with Gasteiger partial charge in [0, 0.05) is 19.6 Å². The Morgan fingerprint density at radius 3 is 2.62 bits per heavy atom. The number of carbonyl (C=O) groups is 1. The molecule has 0 saturated carbocycles. The third kappa shape index (κ3) is 4.10. The second-order valence-corrected chi connectivity index (χ2v) is 4.66. The number of nitrogens with zero attached hydrogens (tertiary/aromatic N) is 1. The average Bonchev–Trinajstić information content (AvgIpc) is 2.29. The highest BCUT2D eigenvalue weighted by Gasteiger charge is 2.24. The van der Waals surface area contributed by atoms with Gasteiger partial charge in [0.15, 0.2) is 0 Å². The molecule has 1 fully saturated rings. The van der Waals surface area contributed by atoms with Gasteiger partial charge in [-0.15, -0.1) is 0 Å². The van der Waals surface area contributed by atoms with Crippen molar-refractivity contribution in [2.45, 2.75) is 38.7 Å². The van der Waals surface area contributed by atoms with Crippen LogP contribution in [0, 0.1) is 5.92 Å². The Hall–Kier alpha value is -0.610. The largest absolute Gasteiger partial charge is 0.462 e. The van der Waals surface area contributed by atoms with E-state index in [1.165, 1.54) is 0 Å². The third-order valence-corrected chi connectivity index (χ3v) is 3.20. The molecule has 1 aliphatic rings. The molecule has 0 spiro atoms.